The Morgan fingerprint density at radius 1 is 1.21 bits per heavy atom. The van der Waals surface area contributed by atoms with Gasteiger partial charge in [-0.15, -0.1) is 0 Å². The van der Waals surface area contributed by atoms with Crippen LogP contribution >= 0.6 is 0 Å². The number of amides is 1. The first-order chi connectivity index (χ1) is 13.5. The summed E-state index contributed by atoms with van der Waals surface area (Å²) in [6.07, 6.45) is 3.50. The average molecular weight is 380 g/mol. The Labute approximate surface area is 164 Å². The Balaban J connectivity index is 1.65. The topological polar surface area (TPSA) is 90.7 Å². The van der Waals surface area contributed by atoms with E-state index < -0.39 is 5.97 Å². The Morgan fingerprint density at radius 2 is 1.96 bits per heavy atom. The van der Waals surface area contributed by atoms with Crippen molar-refractivity contribution >= 4 is 18.1 Å². The van der Waals surface area contributed by atoms with Crippen LogP contribution in [0.15, 0.2) is 42.5 Å². The summed E-state index contributed by atoms with van der Waals surface area (Å²) >= 11 is 0. The van der Waals surface area contributed by atoms with Crippen molar-refractivity contribution in [3.05, 3.63) is 64.7 Å². The average Bonchev–Trinajstić information content (AvgIpc) is 2.70. The van der Waals surface area contributed by atoms with E-state index in [0.29, 0.717) is 13.0 Å². The van der Waals surface area contributed by atoms with Crippen molar-refractivity contribution in [1.82, 2.24) is 4.90 Å². The zero-order valence-corrected chi connectivity index (χ0v) is 15.9. The van der Waals surface area contributed by atoms with Gasteiger partial charge in [0.25, 0.3) is 0 Å². The molecule has 0 heterocycles. The second-order valence-electron chi connectivity index (χ2n) is 7.04. The van der Waals surface area contributed by atoms with Gasteiger partial charge in [-0.1, -0.05) is 30.3 Å². The number of nitrogens with zero attached hydrogens (tertiary/aromatic N) is 1. The molecule has 0 aliphatic heterocycles. The van der Waals surface area contributed by atoms with Gasteiger partial charge in [-0.25, -0.2) is 0 Å². The van der Waals surface area contributed by atoms with Gasteiger partial charge >= 0.3 is 5.97 Å². The van der Waals surface area contributed by atoms with E-state index in [9.17, 15) is 9.59 Å². The maximum Gasteiger partial charge on any atom is 0.323 e. The predicted octanol–water partition coefficient (Wildman–Crippen LogP) is 3.05. The molecule has 0 saturated heterocycles. The number of ether oxygens (including phenoxy) is 1. The normalized spacial score (nSPS) is 15.4. The molecule has 2 aromatic carbocycles. The third-order valence-corrected chi connectivity index (χ3v) is 5.08. The lowest BCUT2D eigenvalue weighted by molar-refractivity contribution is -0.145. The zero-order chi connectivity index (χ0) is 20.1. The highest BCUT2D eigenvalue weighted by atomic mass is 16.5. The van der Waals surface area contributed by atoms with Crippen LogP contribution in [0.2, 0.25) is 0 Å². The molecule has 0 fully saturated rings. The van der Waals surface area contributed by atoms with E-state index in [0.717, 1.165) is 35.3 Å². The predicted molar refractivity (Wildman–Crippen MR) is 106 cm³/mol. The molecule has 146 valence electrons. The van der Waals surface area contributed by atoms with E-state index in [-0.39, 0.29) is 18.5 Å². The van der Waals surface area contributed by atoms with Crippen LogP contribution in [0.3, 0.4) is 0 Å². The largest absolute Gasteiger partial charge is 0.489 e. The highest BCUT2D eigenvalue weighted by Gasteiger charge is 2.27. The Hall–Kier alpha value is -3.15. The lowest BCUT2D eigenvalue weighted by atomic mass is 9.87. The molecule has 1 atom stereocenters. The molecule has 6 heteroatoms. The molecular formula is C22H24N2O4. The minimum Gasteiger partial charge on any atom is -0.489 e. The number of nitrogens with one attached hydrogen (secondary N) is 1. The highest BCUT2D eigenvalue weighted by Crippen LogP contribution is 2.28. The Morgan fingerprint density at radius 3 is 2.61 bits per heavy atom. The number of aryl methyl sites for hydroxylation is 1. The molecule has 0 aromatic heterocycles. The van der Waals surface area contributed by atoms with Crippen LogP contribution in [0.5, 0.6) is 5.75 Å². The first kappa shape index (κ1) is 19.6. The van der Waals surface area contributed by atoms with Crippen LogP contribution in [-0.2, 0) is 29.0 Å². The zero-order valence-electron chi connectivity index (χ0n) is 15.9. The smallest absolute Gasteiger partial charge is 0.323 e. The fourth-order valence-corrected chi connectivity index (χ4v) is 3.59. The van der Waals surface area contributed by atoms with Gasteiger partial charge in [-0.05, 0) is 53.6 Å². The number of carbonyl (C=O) groups excluding carboxylic acids is 1. The lowest BCUT2D eigenvalue weighted by Crippen LogP contribution is -2.45. The van der Waals surface area contributed by atoms with E-state index in [4.69, 9.17) is 15.3 Å². The van der Waals surface area contributed by atoms with Crippen LogP contribution in [0.4, 0.5) is 0 Å². The molecule has 2 aromatic rings. The van der Waals surface area contributed by atoms with E-state index in [1.165, 1.54) is 23.6 Å². The molecule has 3 rings (SSSR count). The number of carbonyl (C=O) groups is 2. The first-order valence-electron chi connectivity index (χ1n) is 9.29. The number of fused-ring (bicyclic) bond motifs is 1. The maximum atomic E-state index is 11.8. The molecule has 6 nitrogen and oxygen atoms in total. The fourth-order valence-electron chi connectivity index (χ4n) is 3.59. The molecule has 28 heavy (non-hydrogen) atoms. The first-order valence-corrected chi connectivity index (χ1v) is 9.29. The van der Waals surface area contributed by atoms with Gasteiger partial charge < -0.3 is 20.2 Å². The van der Waals surface area contributed by atoms with Gasteiger partial charge in [-0.3, -0.25) is 9.59 Å². The molecule has 1 aliphatic rings. The van der Waals surface area contributed by atoms with E-state index in [1.807, 2.05) is 42.5 Å². The van der Waals surface area contributed by atoms with Crippen molar-refractivity contribution in [2.24, 2.45) is 0 Å². The van der Waals surface area contributed by atoms with Gasteiger partial charge in [0.1, 0.15) is 18.9 Å². The minimum absolute atomic E-state index is 0.0831. The van der Waals surface area contributed by atoms with E-state index >= 15 is 0 Å². The number of carboxylic acids is 1. The summed E-state index contributed by atoms with van der Waals surface area (Å²) < 4.78 is 5.90. The van der Waals surface area contributed by atoms with Gasteiger partial charge in [-0.2, -0.15) is 0 Å². The monoisotopic (exact) mass is 380 g/mol. The molecule has 0 bridgehead atoms. The molecule has 2 N–H and O–H groups in total. The van der Waals surface area contributed by atoms with Crippen LogP contribution in [0.25, 0.3) is 0 Å². The molecule has 0 spiro atoms. The fraction of sp³-hybridized carbons (Fsp3) is 0.318. The third kappa shape index (κ3) is 4.76. The molecule has 0 radical (unpaired) electrons. The Bertz CT molecular complexity index is 877. The van der Waals surface area contributed by atoms with Gasteiger partial charge in [0, 0.05) is 19.2 Å². The van der Waals surface area contributed by atoms with Crippen molar-refractivity contribution in [3.8, 4) is 5.75 Å². The van der Waals surface area contributed by atoms with Crippen molar-refractivity contribution in [2.45, 2.75) is 38.8 Å². The van der Waals surface area contributed by atoms with Crippen LogP contribution in [0.1, 0.15) is 35.6 Å². The van der Waals surface area contributed by atoms with Crippen molar-refractivity contribution < 1.29 is 19.4 Å². The quantitative estimate of drug-likeness (QED) is 0.723. The summed E-state index contributed by atoms with van der Waals surface area (Å²) in [5, 5.41) is 16.3. The van der Waals surface area contributed by atoms with Gasteiger partial charge in [0.15, 0.2) is 0 Å². The lowest BCUT2D eigenvalue weighted by Gasteiger charge is -2.33. The third-order valence-electron chi connectivity index (χ3n) is 5.08. The minimum atomic E-state index is -0.988. The van der Waals surface area contributed by atoms with E-state index in [1.54, 1.807) is 0 Å². The van der Waals surface area contributed by atoms with Gasteiger partial charge in [0.2, 0.25) is 5.91 Å². The number of benzene rings is 2. The highest BCUT2D eigenvalue weighted by molar-refractivity contribution is 5.80. The number of rotatable bonds is 7. The van der Waals surface area contributed by atoms with Crippen molar-refractivity contribution in [3.63, 3.8) is 0 Å². The summed E-state index contributed by atoms with van der Waals surface area (Å²) in [6, 6.07) is 13.5. The van der Waals surface area contributed by atoms with Crippen LogP contribution < -0.4 is 4.74 Å². The molecule has 1 amide bonds. The summed E-state index contributed by atoms with van der Waals surface area (Å²) in [7, 11) is 0. The second-order valence-corrected chi connectivity index (χ2v) is 7.04. The summed E-state index contributed by atoms with van der Waals surface area (Å²) in [4.78, 5) is 24.3. The van der Waals surface area contributed by atoms with Gasteiger partial charge in [0.05, 0.1) is 0 Å². The molecular weight excluding hydrogens is 356 g/mol. The molecule has 1 aliphatic carbocycles. The van der Waals surface area contributed by atoms with Crippen LogP contribution in [-0.4, -0.2) is 40.7 Å². The number of aliphatic carboxylic acids is 1. The van der Waals surface area contributed by atoms with Crippen molar-refractivity contribution in [1.29, 1.82) is 5.41 Å². The Kier molecular flexibility index (Phi) is 6.09. The summed E-state index contributed by atoms with van der Waals surface area (Å²) in [6.45, 7) is 1.62. The molecule has 1 unspecified atom stereocenters. The standard InChI is InChI=1S/C22H24N2O4/c1-15(25)24(13-22(26)27)20-8-6-19-11-21(9-7-18(19)10-20)28-14-17-4-2-16(12-23)3-5-17/h2-5,7,9,11-12,20,23H,6,8,10,13-14H2,1H3,(H,26,27). The van der Waals surface area contributed by atoms with Crippen LogP contribution in [0, 0.1) is 5.41 Å². The number of hydrogen-bond acceptors (Lipinski definition) is 4. The maximum absolute atomic E-state index is 11.8. The van der Waals surface area contributed by atoms with E-state index in [2.05, 4.69) is 0 Å². The summed E-state index contributed by atoms with van der Waals surface area (Å²) in [5.74, 6) is -0.398. The summed E-state index contributed by atoms with van der Waals surface area (Å²) in [5.41, 5.74) is 4.21. The number of hydrogen-bond donors (Lipinski definition) is 2. The second kappa shape index (κ2) is 8.69. The molecule has 0 saturated carbocycles. The van der Waals surface area contributed by atoms with Crippen molar-refractivity contribution in [2.75, 3.05) is 6.54 Å². The SMILES string of the molecule is CC(=O)N(CC(=O)O)C1CCc2cc(OCc3ccc(C=N)cc3)ccc2C1. The number of carboxylic acid groups (broad SMARTS) is 1.